The highest BCUT2D eigenvalue weighted by atomic mass is 35.5. The van der Waals surface area contributed by atoms with Crippen molar-refractivity contribution in [3.05, 3.63) is 76.5 Å². The Morgan fingerprint density at radius 2 is 1.89 bits per heavy atom. The third kappa shape index (κ3) is 5.75. The molecule has 1 heterocycles. The summed E-state index contributed by atoms with van der Waals surface area (Å²) in [5, 5.41) is 8.27. The smallest absolute Gasteiger partial charge is 0.220 e. The van der Waals surface area contributed by atoms with Gasteiger partial charge in [-0.1, -0.05) is 47.5 Å². The first-order valence-corrected chi connectivity index (χ1v) is 9.82. The molecule has 0 aliphatic heterocycles. The van der Waals surface area contributed by atoms with E-state index in [0.717, 1.165) is 11.4 Å². The molecule has 7 heteroatoms. The maximum Gasteiger partial charge on any atom is 0.220 e. The van der Waals surface area contributed by atoms with E-state index in [0.29, 0.717) is 48.2 Å². The monoisotopic (exact) mass is 417 g/mol. The molecule has 1 N–H and O–H groups in total. The predicted molar refractivity (Wildman–Crippen MR) is 111 cm³/mol. The van der Waals surface area contributed by atoms with E-state index >= 15 is 0 Å². The first-order chi connectivity index (χ1) is 13.6. The van der Waals surface area contributed by atoms with Crippen LogP contribution in [0.1, 0.15) is 18.5 Å². The molecule has 0 bridgehead atoms. The van der Waals surface area contributed by atoms with Gasteiger partial charge < -0.3 is 10.1 Å². The van der Waals surface area contributed by atoms with E-state index < -0.39 is 0 Å². The molecule has 0 aliphatic rings. The summed E-state index contributed by atoms with van der Waals surface area (Å²) >= 11 is 12.0. The van der Waals surface area contributed by atoms with Crippen molar-refractivity contribution in [3.8, 4) is 11.4 Å². The number of para-hydroxylation sites is 1. The zero-order valence-corrected chi connectivity index (χ0v) is 16.8. The molecule has 0 atom stereocenters. The molecule has 1 aromatic heterocycles. The van der Waals surface area contributed by atoms with E-state index in [2.05, 4.69) is 10.4 Å². The Morgan fingerprint density at radius 3 is 2.71 bits per heavy atom. The minimum atomic E-state index is -0.0108. The average molecular weight is 418 g/mol. The molecule has 3 aromatic rings. The summed E-state index contributed by atoms with van der Waals surface area (Å²) < 4.78 is 7.41. The number of nitrogens with zero attached hydrogens (tertiary/aromatic N) is 2. The van der Waals surface area contributed by atoms with Gasteiger partial charge in [-0.2, -0.15) is 5.10 Å². The van der Waals surface area contributed by atoms with Crippen LogP contribution in [0, 0.1) is 0 Å². The molecule has 0 unspecified atom stereocenters. The van der Waals surface area contributed by atoms with Gasteiger partial charge in [0.2, 0.25) is 5.91 Å². The Morgan fingerprint density at radius 1 is 1.07 bits per heavy atom. The topological polar surface area (TPSA) is 56.1 Å². The molecule has 2 aromatic carbocycles. The van der Waals surface area contributed by atoms with Gasteiger partial charge in [-0.05, 0) is 36.8 Å². The molecule has 28 heavy (non-hydrogen) atoms. The number of nitrogens with one attached hydrogen (secondary N) is 1. The minimum Gasteiger partial charge on any atom is -0.492 e. The molecule has 0 radical (unpaired) electrons. The van der Waals surface area contributed by atoms with Crippen LogP contribution >= 0.6 is 23.2 Å². The molecule has 5 nitrogen and oxygen atoms in total. The van der Waals surface area contributed by atoms with Crippen LogP contribution in [0.5, 0.6) is 5.75 Å². The van der Waals surface area contributed by atoms with Crippen LogP contribution in [0.15, 0.2) is 60.8 Å². The molecule has 3 rings (SSSR count). The second-order valence-corrected chi connectivity index (χ2v) is 6.98. The molecular formula is C21H21Cl2N3O2. The largest absolute Gasteiger partial charge is 0.492 e. The number of halogens is 2. The lowest BCUT2D eigenvalue weighted by Crippen LogP contribution is -2.26. The number of hydrogen-bond acceptors (Lipinski definition) is 3. The van der Waals surface area contributed by atoms with Gasteiger partial charge >= 0.3 is 0 Å². The van der Waals surface area contributed by atoms with E-state index in [4.69, 9.17) is 27.9 Å². The van der Waals surface area contributed by atoms with Gasteiger partial charge in [0.1, 0.15) is 10.8 Å². The highest BCUT2D eigenvalue weighted by Crippen LogP contribution is 2.31. The Kier molecular flexibility index (Phi) is 7.34. The number of carbonyl (C=O) groups excluding carboxylic acids is 1. The van der Waals surface area contributed by atoms with Crippen molar-refractivity contribution in [1.29, 1.82) is 0 Å². The summed E-state index contributed by atoms with van der Waals surface area (Å²) in [7, 11) is 0. The van der Waals surface area contributed by atoms with Gasteiger partial charge in [-0.25, -0.2) is 4.68 Å². The standard InChI is InChI=1S/C21H21Cl2N3O2/c22-18-8-4-9-19(21(18)23)28-15-5-10-20(27)24-13-11-16-12-14-26(25-16)17-6-2-1-3-7-17/h1-4,6-9,12,14H,5,10-11,13,15H2,(H,24,27). The van der Waals surface area contributed by atoms with E-state index in [9.17, 15) is 4.79 Å². The average Bonchev–Trinajstić information content (AvgIpc) is 3.18. The van der Waals surface area contributed by atoms with E-state index in [-0.39, 0.29) is 5.91 Å². The van der Waals surface area contributed by atoms with Crippen LogP contribution in [0.4, 0.5) is 0 Å². The molecule has 0 aliphatic carbocycles. The normalized spacial score (nSPS) is 10.6. The van der Waals surface area contributed by atoms with Crippen LogP contribution in [-0.2, 0) is 11.2 Å². The molecule has 0 spiro atoms. The number of ether oxygens (including phenoxy) is 1. The zero-order chi connectivity index (χ0) is 19.8. The van der Waals surface area contributed by atoms with Crippen molar-refractivity contribution < 1.29 is 9.53 Å². The number of carbonyl (C=O) groups is 1. The fraction of sp³-hybridized carbons (Fsp3) is 0.238. The van der Waals surface area contributed by atoms with Crippen molar-refractivity contribution in [2.45, 2.75) is 19.3 Å². The summed E-state index contributed by atoms with van der Waals surface area (Å²) in [6.07, 6.45) is 3.58. The van der Waals surface area contributed by atoms with Crippen molar-refractivity contribution in [2.24, 2.45) is 0 Å². The SMILES string of the molecule is O=C(CCCOc1cccc(Cl)c1Cl)NCCc1ccn(-c2ccccc2)n1. The van der Waals surface area contributed by atoms with Crippen LogP contribution in [-0.4, -0.2) is 28.8 Å². The lowest BCUT2D eigenvalue weighted by atomic mass is 10.3. The zero-order valence-electron chi connectivity index (χ0n) is 15.3. The van der Waals surface area contributed by atoms with Gasteiger partial charge in [0.05, 0.1) is 23.0 Å². The summed E-state index contributed by atoms with van der Waals surface area (Å²) in [6.45, 7) is 0.945. The van der Waals surface area contributed by atoms with Gasteiger partial charge in [-0.15, -0.1) is 0 Å². The van der Waals surface area contributed by atoms with Crippen molar-refractivity contribution >= 4 is 29.1 Å². The Hall–Kier alpha value is -2.50. The number of amides is 1. The maximum atomic E-state index is 12.0. The second kappa shape index (κ2) is 10.2. The lowest BCUT2D eigenvalue weighted by molar-refractivity contribution is -0.121. The van der Waals surface area contributed by atoms with Gasteiger partial charge in [0.15, 0.2) is 0 Å². The lowest BCUT2D eigenvalue weighted by Gasteiger charge is -2.09. The first kappa shape index (κ1) is 20.2. The van der Waals surface area contributed by atoms with E-state index in [1.807, 2.05) is 47.3 Å². The van der Waals surface area contributed by atoms with Crippen LogP contribution in [0.25, 0.3) is 5.69 Å². The van der Waals surface area contributed by atoms with E-state index in [1.54, 1.807) is 18.2 Å². The molecule has 0 saturated heterocycles. The Labute approximate surface area is 174 Å². The number of hydrogen-bond donors (Lipinski definition) is 1. The summed E-state index contributed by atoms with van der Waals surface area (Å²) in [5.74, 6) is 0.520. The number of rotatable bonds is 9. The maximum absolute atomic E-state index is 12.0. The second-order valence-electron chi connectivity index (χ2n) is 6.19. The molecule has 146 valence electrons. The minimum absolute atomic E-state index is 0.0108. The van der Waals surface area contributed by atoms with Crippen LogP contribution in [0.3, 0.4) is 0 Å². The Balaban J connectivity index is 1.34. The fourth-order valence-electron chi connectivity index (χ4n) is 2.65. The van der Waals surface area contributed by atoms with Gasteiger partial charge in [0.25, 0.3) is 0 Å². The molecule has 1 amide bonds. The predicted octanol–water partition coefficient (Wildman–Crippen LogP) is 4.70. The van der Waals surface area contributed by atoms with Crippen LogP contribution < -0.4 is 10.1 Å². The van der Waals surface area contributed by atoms with E-state index in [1.165, 1.54) is 0 Å². The third-order valence-electron chi connectivity index (χ3n) is 4.09. The number of benzene rings is 2. The highest BCUT2D eigenvalue weighted by molar-refractivity contribution is 6.42. The summed E-state index contributed by atoms with van der Waals surface area (Å²) in [5.41, 5.74) is 1.95. The molecular weight excluding hydrogens is 397 g/mol. The highest BCUT2D eigenvalue weighted by Gasteiger charge is 2.07. The van der Waals surface area contributed by atoms with Gasteiger partial charge in [-0.3, -0.25) is 4.79 Å². The number of aromatic nitrogens is 2. The molecule has 0 saturated carbocycles. The first-order valence-electron chi connectivity index (χ1n) is 9.07. The summed E-state index contributed by atoms with van der Waals surface area (Å²) in [6, 6.07) is 17.1. The van der Waals surface area contributed by atoms with Gasteiger partial charge in [0, 0.05) is 25.6 Å². The van der Waals surface area contributed by atoms with Crippen molar-refractivity contribution in [2.75, 3.05) is 13.2 Å². The van der Waals surface area contributed by atoms with Crippen LogP contribution in [0.2, 0.25) is 10.0 Å². The Bertz CT molecular complexity index is 913. The quantitative estimate of drug-likeness (QED) is 0.513. The third-order valence-corrected chi connectivity index (χ3v) is 4.89. The summed E-state index contributed by atoms with van der Waals surface area (Å²) in [4.78, 5) is 12.0. The van der Waals surface area contributed by atoms with Crippen molar-refractivity contribution in [1.82, 2.24) is 15.1 Å². The fourth-order valence-corrected chi connectivity index (χ4v) is 2.99. The van der Waals surface area contributed by atoms with Crippen molar-refractivity contribution in [3.63, 3.8) is 0 Å². The molecule has 0 fully saturated rings.